The van der Waals surface area contributed by atoms with Crippen LogP contribution in [-0.4, -0.2) is 10.3 Å². The summed E-state index contributed by atoms with van der Waals surface area (Å²) in [5.74, 6) is -0.147. The SMILES string of the molecule is ONc1cccc(Cl)c1O. The van der Waals surface area contributed by atoms with Crippen LogP contribution in [0, 0.1) is 0 Å². The normalized spacial score (nSPS) is 9.40. The molecule has 0 aliphatic heterocycles. The first-order valence-electron chi connectivity index (χ1n) is 2.63. The van der Waals surface area contributed by atoms with Crippen LogP contribution in [0.2, 0.25) is 5.02 Å². The van der Waals surface area contributed by atoms with E-state index in [1.165, 1.54) is 12.1 Å². The fourth-order valence-electron chi connectivity index (χ4n) is 0.606. The lowest BCUT2D eigenvalue weighted by Gasteiger charge is -2.01. The molecule has 0 atom stereocenters. The van der Waals surface area contributed by atoms with Crippen LogP contribution in [0.4, 0.5) is 5.69 Å². The Labute approximate surface area is 62.8 Å². The van der Waals surface area contributed by atoms with Crippen molar-refractivity contribution in [3.63, 3.8) is 0 Å². The van der Waals surface area contributed by atoms with E-state index in [-0.39, 0.29) is 16.5 Å². The second-order valence-electron chi connectivity index (χ2n) is 1.75. The minimum Gasteiger partial charge on any atom is -0.504 e. The van der Waals surface area contributed by atoms with Gasteiger partial charge in [-0.2, -0.15) is 0 Å². The lowest BCUT2D eigenvalue weighted by molar-refractivity contribution is 0.381. The highest BCUT2D eigenvalue weighted by Crippen LogP contribution is 2.30. The maximum Gasteiger partial charge on any atom is 0.159 e. The number of rotatable bonds is 1. The van der Waals surface area contributed by atoms with E-state index in [0.717, 1.165) is 0 Å². The first-order valence-corrected chi connectivity index (χ1v) is 3.01. The molecule has 1 aromatic rings. The minimum absolute atomic E-state index is 0.147. The summed E-state index contributed by atoms with van der Waals surface area (Å²) in [5, 5.41) is 17.6. The summed E-state index contributed by atoms with van der Waals surface area (Å²) in [4.78, 5) is 0. The Morgan fingerprint density at radius 2 is 2.10 bits per heavy atom. The van der Waals surface area contributed by atoms with Gasteiger partial charge in [0.25, 0.3) is 0 Å². The third kappa shape index (κ3) is 1.15. The number of halogens is 1. The maximum absolute atomic E-state index is 9.04. The predicted octanol–water partition coefficient (Wildman–Crippen LogP) is 1.85. The van der Waals surface area contributed by atoms with Crippen LogP contribution >= 0.6 is 11.6 Å². The van der Waals surface area contributed by atoms with Crippen molar-refractivity contribution in [1.29, 1.82) is 0 Å². The lowest BCUT2D eigenvalue weighted by Crippen LogP contribution is -1.88. The maximum atomic E-state index is 9.04. The highest BCUT2D eigenvalue weighted by molar-refractivity contribution is 6.32. The van der Waals surface area contributed by atoms with E-state index in [9.17, 15) is 0 Å². The molecular formula is C6H6ClNO2. The third-order valence-electron chi connectivity index (χ3n) is 1.11. The number of hydrogen-bond donors (Lipinski definition) is 3. The van der Waals surface area contributed by atoms with Crippen LogP contribution in [0.5, 0.6) is 5.75 Å². The molecule has 1 rings (SSSR count). The summed E-state index contributed by atoms with van der Waals surface area (Å²) in [6.45, 7) is 0. The summed E-state index contributed by atoms with van der Waals surface area (Å²) in [7, 11) is 0. The molecule has 0 aliphatic rings. The van der Waals surface area contributed by atoms with Crippen molar-refractivity contribution >= 4 is 17.3 Å². The quantitative estimate of drug-likeness (QED) is 0.433. The first-order chi connectivity index (χ1) is 4.75. The molecule has 0 saturated heterocycles. The van der Waals surface area contributed by atoms with Crippen LogP contribution in [-0.2, 0) is 0 Å². The first kappa shape index (κ1) is 7.18. The fourth-order valence-corrected chi connectivity index (χ4v) is 0.780. The monoisotopic (exact) mass is 159 g/mol. The number of phenolic OH excluding ortho intramolecular Hbond substituents is 1. The van der Waals surface area contributed by atoms with Crippen molar-refractivity contribution in [2.24, 2.45) is 0 Å². The van der Waals surface area contributed by atoms with Gasteiger partial charge in [-0.15, -0.1) is 0 Å². The van der Waals surface area contributed by atoms with Gasteiger partial charge < -0.3 is 5.11 Å². The van der Waals surface area contributed by atoms with Gasteiger partial charge in [-0.1, -0.05) is 17.7 Å². The topological polar surface area (TPSA) is 52.5 Å². The Kier molecular flexibility index (Phi) is 1.99. The molecule has 3 nitrogen and oxygen atoms in total. The number of aromatic hydroxyl groups is 1. The molecule has 0 aliphatic carbocycles. The molecule has 10 heavy (non-hydrogen) atoms. The van der Waals surface area contributed by atoms with E-state index >= 15 is 0 Å². The van der Waals surface area contributed by atoms with Crippen LogP contribution in [0.15, 0.2) is 18.2 Å². The second kappa shape index (κ2) is 2.77. The van der Waals surface area contributed by atoms with E-state index in [0.29, 0.717) is 0 Å². The zero-order chi connectivity index (χ0) is 7.56. The number of benzene rings is 1. The second-order valence-corrected chi connectivity index (χ2v) is 2.16. The van der Waals surface area contributed by atoms with E-state index in [2.05, 4.69) is 0 Å². The molecule has 0 fully saturated rings. The largest absolute Gasteiger partial charge is 0.504 e. The highest BCUT2D eigenvalue weighted by Gasteiger charge is 2.01. The summed E-state index contributed by atoms with van der Waals surface area (Å²) >= 11 is 5.49. The van der Waals surface area contributed by atoms with Crippen molar-refractivity contribution in [3.05, 3.63) is 23.2 Å². The van der Waals surface area contributed by atoms with Crippen LogP contribution < -0.4 is 5.48 Å². The molecule has 0 heterocycles. The Morgan fingerprint density at radius 1 is 1.40 bits per heavy atom. The van der Waals surface area contributed by atoms with Gasteiger partial charge in [0.05, 0.1) is 5.02 Å². The van der Waals surface area contributed by atoms with Crippen molar-refractivity contribution in [3.8, 4) is 5.75 Å². The molecular weight excluding hydrogens is 154 g/mol. The molecule has 0 aromatic heterocycles. The minimum atomic E-state index is -0.147. The summed E-state index contributed by atoms with van der Waals surface area (Å²) < 4.78 is 0. The molecule has 0 radical (unpaired) electrons. The Bertz CT molecular complexity index is 239. The summed E-state index contributed by atoms with van der Waals surface area (Å²) in [6.07, 6.45) is 0. The molecule has 0 amide bonds. The van der Waals surface area contributed by atoms with Gasteiger partial charge in [0.1, 0.15) is 5.69 Å². The van der Waals surface area contributed by atoms with Crippen molar-refractivity contribution in [1.82, 2.24) is 0 Å². The van der Waals surface area contributed by atoms with E-state index in [1.807, 2.05) is 0 Å². The number of anilines is 1. The van der Waals surface area contributed by atoms with E-state index < -0.39 is 0 Å². The lowest BCUT2D eigenvalue weighted by atomic mass is 10.3. The summed E-state index contributed by atoms with van der Waals surface area (Å²) in [5.41, 5.74) is 2.00. The van der Waals surface area contributed by atoms with Crippen molar-refractivity contribution in [2.45, 2.75) is 0 Å². The van der Waals surface area contributed by atoms with Gasteiger partial charge in [-0.25, -0.2) is 0 Å². The van der Waals surface area contributed by atoms with Crippen molar-refractivity contribution in [2.75, 3.05) is 5.48 Å². The van der Waals surface area contributed by atoms with Crippen LogP contribution in [0.1, 0.15) is 0 Å². The Balaban J connectivity index is 3.14. The Morgan fingerprint density at radius 3 is 2.60 bits per heavy atom. The molecule has 0 unspecified atom stereocenters. The average Bonchev–Trinajstić information content (AvgIpc) is 1.95. The smallest absolute Gasteiger partial charge is 0.159 e. The van der Waals surface area contributed by atoms with Gasteiger partial charge in [0.2, 0.25) is 0 Å². The van der Waals surface area contributed by atoms with Crippen molar-refractivity contribution < 1.29 is 10.3 Å². The summed E-state index contributed by atoms with van der Waals surface area (Å²) in [6, 6.07) is 4.64. The van der Waals surface area contributed by atoms with Gasteiger partial charge in [0.15, 0.2) is 5.75 Å². The van der Waals surface area contributed by atoms with E-state index in [1.54, 1.807) is 11.5 Å². The van der Waals surface area contributed by atoms with Crippen LogP contribution in [0.3, 0.4) is 0 Å². The van der Waals surface area contributed by atoms with Gasteiger partial charge >= 0.3 is 0 Å². The molecule has 54 valence electrons. The van der Waals surface area contributed by atoms with Gasteiger partial charge in [-0.3, -0.25) is 10.7 Å². The molecule has 0 bridgehead atoms. The predicted molar refractivity (Wildman–Crippen MR) is 38.5 cm³/mol. The molecule has 4 heteroatoms. The zero-order valence-corrected chi connectivity index (χ0v) is 5.76. The van der Waals surface area contributed by atoms with Crippen LogP contribution in [0.25, 0.3) is 0 Å². The molecule has 3 N–H and O–H groups in total. The van der Waals surface area contributed by atoms with Gasteiger partial charge in [0, 0.05) is 0 Å². The zero-order valence-electron chi connectivity index (χ0n) is 5.00. The molecule has 0 spiro atoms. The average molecular weight is 160 g/mol. The molecule has 0 saturated carbocycles. The Hall–Kier alpha value is -0.930. The van der Waals surface area contributed by atoms with E-state index in [4.69, 9.17) is 21.9 Å². The number of phenols is 1. The number of hydrogen-bond acceptors (Lipinski definition) is 3. The standard InChI is InChI=1S/C6H6ClNO2/c7-4-2-1-3-5(8-10)6(4)9/h1-3,8-10H. The number of nitrogens with one attached hydrogen (secondary N) is 1. The number of para-hydroxylation sites is 1. The highest BCUT2D eigenvalue weighted by atomic mass is 35.5. The molecule has 1 aromatic carbocycles. The fraction of sp³-hybridized carbons (Fsp3) is 0. The third-order valence-corrected chi connectivity index (χ3v) is 1.41. The van der Waals surface area contributed by atoms with Gasteiger partial charge in [-0.05, 0) is 12.1 Å².